The van der Waals surface area contributed by atoms with Crippen LogP contribution in [-0.2, 0) is 9.53 Å². The minimum atomic E-state index is -0.977. The summed E-state index contributed by atoms with van der Waals surface area (Å²) < 4.78 is 5.12. The highest BCUT2D eigenvalue weighted by molar-refractivity contribution is 9.10. The molecule has 0 saturated heterocycles. The van der Waals surface area contributed by atoms with Gasteiger partial charge in [-0.25, -0.2) is 0 Å². The van der Waals surface area contributed by atoms with Gasteiger partial charge in [0.15, 0.2) is 0 Å². The lowest BCUT2D eigenvalue weighted by molar-refractivity contribution is -0.142. The zero-order valence-corrected chi connectivity index (χ0v) is 10.2. The third-order valence-electron chi connectivity index (χ3n) is 2.07. The SMILES string of the molecule is COC(=O)C[C@@H](O)c1cc(C#N)ccc1Br. The fourth-order valence-corrected chi connectivity index (χ4v) is 1.73. The van der Waals surface area contributed by atoms with Crippen molar-refractivity contribution in [2.45, 2.75) is 12.5 Å². The van der Waals surface area contributed by atoms with E-state index in [0.29, 0.717) is 15.6 Å². The number of nitriles is 1. The third-order valence-corrected chi connectivity index (χ3v) is 2.79. The van der Waals surface area contributed by atoms with Crippen LogP contribution in [0.2, 0.25) is 0 Å². The number of carbonyl (C=O) groups is 1. The van der Waals surface area contributed by atoms with E-state index in [4.69, 9.17) is 5.26 Å². The lowest BCUT2D eigenvalue weighted by Gasteiger charge is -2.11. The van der Waals surface area contributed by atoms with Crippen molar-refractivity contribution in [3.05, 3.63) is 33.8 Å². The van der Waals surface area contributed by atoms with Gasteiger partial charge in [0.2, 0.25) is 0 Å². The zero-order valence-electron chi connectivity index (χ0n) is 8.61. The van der Waals surface area contributed by atoms with Crippen LogP contribution in [0.5, 0.6) is 0 Å². The summed E-state index contributed by atoms with van der Waals surface area (Å²) in [5.41, 5.74) is 0.937. The molecular formula is C11H10BrNO3. The summed E-state index contributed by atoms with van der Waals surface area (Å²) in [6.45, 7) is 0. The molecule has 1 aromatic rings. The standard InChI is InChI=1S/C11H10BrNO3/c1-16-11(15)5-10(14)8-4-7(6-13)2-3-9(8)12/h2-4,10,14H,5H2,1H3/t10-/m1/s1. The van der Waals surface area contributed by atoms with Crippen molar-refractivity contribution in [2.24, 2.45) is 0 Å². The number of esters is 1. The Balaban J connectivity index is 2.94. The van der Waals surface area contributed by atoms with Crippen LogP contribution in [0.25, 0.3) is 0 Å². The van der Waals surface area contributed by atoms with Gasteiger partial charge >= 0.3 is 5.97 Å². The Labute approximate surface area is 102 Å². The number of nitrogens with zero attached hydrogens (tertiary/aromatic N) is 1. The highest BCUT2D eigenvalue weighted by Crippen LogP contribution is 2.26. The largest absolute Gasteiger partial charge is 0.469 e. The first-order valence-electron chi connectivity index (χ1n) is 4.53. The molecule has 5 heteroatoms. The van der Waals surface area contributed by atoms with Crippen LogP contribution in [0.1, 0.15) is 23.7 Å². The first kappa shape index (κ1) is 12.7. The summed E-state index contributed by atoms with van der Waals surface area (Å²) in [7, 11) is 1.26. The molecular weight excluding hydrogens is 274 g/mol. The van der Waals surface area contributed by atoms with Gasteiger partial charge < -0.3 is 9.84 Å². The van der Waals surface area contributed by atoms with Gasteiger partial charge in [0.1, 0.15) is 0 Å². The van der Waals surface area contributed by atoms with Gasteiger partial charge in [-0.15, -0.1) is 0 Å². The monoisotopic (exact) mass is 283 g/mol. The fourth-order valence-electron chi connectivity index (χ4n) is 1.22. The average molecular weight is 284 g/mol. The number of methoxy groups -OCH3 is 1. The van der Waals surface area contributed by atoms with Crippen molar-refractivity contribution in [1.29, 1.82) is 5.26 Å². The average Bonchev–Trinajstić information content (AvgIpc) is 2.29. The van der Waals surface area contributed by atoms with Gasteiger partial charge in [-0.2, -0.15) is 5.26 Å². The lowest BCUT2D eigenvalue weighted by atomic mass is 10.0. The van der Waals surface area contributed by atoms with E-state index in [1.807, 2.05) is 6.07 Å². The fraction of sp³-hybridized carbons (Fsp3) is 0.273. The second-order valence-electron chi connectivity index (χ2n) is 3.14. The quantitative estimate of drug-likeness (QED) is 0.861. The second kappa shape index (κ2) is 5.64. The third kappa shape index (κ3) is 3.05. The number of aliphatic hydroxyl groups is 1. The van der Waals surface area contributed by atoms with Crippen LogP contribution < -0.4 is 0 Å². The van der Waals surface area contributed by atoms with Gasteiger partial charge in [0.05, 0.1) is 31.3 Å². The van der Waals surface area contributed by atoms with Gasteiger partial charge in [-0.05, 0) is 23.8 Å². The molecule has 16 heavy (non-hydrogen) atoms. The lowest BCUT2D eigenvalue weighted by Crippen LogP contribution is -2.08. The minimum absolute atomic E-state index is 0.135. The summed E-state index contributed by atoms with van der Waals surface area (Å²) in [5.74, 6) is -0.498. The van der Waals surface area contributed by atoms with Gasteiger partial charge in [0, 0.05) is 4.47 Å². The molecule has 0 spiro atoms. The van der Waals surface area contributed by atoms with Crippen molar-refractivity contribution in [3.63, 3.8) is 0 Å². The maximum Gasteiger partial charge on any atom is 0.308 e. The van der Waals surface area contributed by atoms with Crippen LogP contribution in [0, 0.1) is 11.3 Å². The van der Waals surface area contributed by atoms with Crippen molar-refractivity contribution in [1.82, 2.24) is 0 Å². The Kier molecular flexibility index (Phi) is 4.47. The van der Waals surface area contributed by atoms with E-state index in [9.17, 15) is 9.90 Å². The molecule has 0 aromatic heterocycles. The van der Waals surface area contributed by atoms with Crippen LogP contribution >= 0.6 is 15.9 Å². The van der Waals surface area contributed by atoms with Crippen molar-refractivity contribution in [3.8, 4) is 6.07 Å². The van der Waals surface area contributed by atoms with E-state index in [1.165, 1.54) is 13.2 Å². The number of hydrogen-bond acceptors (Lipinski definition) is 4. The van der Waals surface area contributed by atoms with Crippen LogP contribution in [-0.4, -0.2) is 18.2 Å². The van der Waals surface area contributed by atoms with Crippen molar-refractivity contribution < 1.29 is 14.6 Å². The van der Waals surface area contributed by atoms with Crippen molar-refractivity contribution in [2.75, 3.05) is 7.11 Å². The molecule has 0 aliphatic rings. The molecule has 0 radical (unpaired) electrons. The molecule has 1 atom stereocenters. The van der Waals surface area contributed by atoms with E-state index in [-0.39, 0.29) is 6.42 Å². The molecule has 0 heterocycles. The number of ether oxygens (including phenoxy) is 1. The zero-order chi connectivity index (χ0) is 12.1. The maximum absolute atomic E-state index is 11.0. The van der Waals surface area contributed by atoms with E-state index in [0.717, 1.165) is 0 Å². The molecule has 0 amide bonds. The summed E-state index contributed by atoms with van der Waals surface area (Å²) in [5, 5.41) is 18.5. The Morgan fingerprint density at radius 2 is 2.38 bits per heavy atom. The number of carbonyl (C=O) groups excluding carboxylic acids is 1. The van der Waals surface area contributed by atoms with Crippen LogP contribution in [0.15, 0.2) is 22.7 Å². The van der Waals surface area contributed by atoms with E-state index in [2.05, 4.69) is 20.7 Å². The van der Waals surface area contributed by atoms with E-state index in [1.54, 1.807) is 12.1 Å². The van der Waals surface area contributed by atoms with Crippen LogP contribution in [0.3, 0.4) is 0 Å². The van der Waals surface area contributed by atoms with Gasteiger partial charge in [-0.3, -0.25) is 4.79 Å². The molecule has 0 aliphatic heterocycles. The van der Waals surface area contributed by atoms with Gasteiger partial charge in [0.25, 0.3) is 0 Å². The predicted molar refractivity (Wildman–Crippen MR) is 60.4 cm³/mol. The second-order valence-corrected chi connectivity index (χ2v) is 4.00. The molecule has 0 bridgehead atoms. The number of hydrogen-bond donors (Lipinski definition) is 1. The molecule has 0 unspecified atom stereocenters. The maximum atomic E-state index is 11.0. The molecule has 0 saturated carbocycles. The summed E-state index contributed by atoms with van der Waals surface area (Å²) >= 11 is 3.25. The highest BCUT2D eigenvalue weighted by Gasteiger charge is 2.16. The number of halogens is 1. The molecule has 1 N–H and O–H groups in total. The molecule has 1 rings (SSSR count). The predicted octanol–water partition coefficient (Wildman–Crippen LogP) is 1.92. The molecule has 0 fully saturated rings. The highest BCUT2D eigenvalue weighted by atomic mass is 79.9. The summed E-state index contributed by atoms with van der Waals surface area (Å²) in [6, 6.07) is 6.79. The first-order chi connectivity index (χ1) is 7.58. The minimum Gasteiger partial charge on any atom is -0.469 e. The smallest absolute Gasteiger partial charge is 0.308 e. The Morgan fingerprint density at radius 3 is 2.94 bits per heavy atom. The Morgan fingerprint density at radius 1 is 1.69 bits per heavy atom. The number of aliphatic hydroxyl groups excluding tert-OH is 1. The molecule has 84 valence electrons. The van der Waals surface area contributed by atoms with Crippen LogP contribution in [0.4, 0.5) is 0 Å². The normalized spacial score (nSPS) is 11.6. The summed E-state index contributed by atoms with van der Waals surface area (Å²) in [4.78, 5) is 11.0. The van der Waals surface area contributed by atoms with E-state index >= 15 is 0 Å². The Bertz CT molecular complexity index is 439. The van der Waals surface area contributed by atoms with Crippen molar-refractivity contribution >= 4 is 21.9 Å². The number of benzene rings is 1. The molecule has 0 aliphatic carbocycles. The molecule has 4 nitrogen and oxygen atoms in total. The summed E-state index contributed by atoms with van der Waals surface area (Å²) in [6.07, 6.45) is -1.11. The molecule has 1 aromatic carbocycles. The topological polar surface area (TPSA) is 70.3 Å². The van der Waals surface area contributed by atoms with Gasteiger partial charge in [-0.1, -0.05) is 15.9 Å². The van der Waals surface area contributed by atoms with E-state index < -0.39 is 12.1 Å². The Hall–Kier alpha value is -1.38. The first-order valence-corrected chi connectivity index (χ1v) is 5.32. The number of rotatable bonds is 3.